The molecule has 0 rings (SSSR count). The molecule has 4 heteroatoms. The second-order valence-corrected chi connectivity index (χ2v) is 3.51. The van der Waals surface area contributed by atoms with Gasteiger partial charge >= 0.3 is 0 Å². The zero-order chi connectivity index (χ0) is 9.72. The van der Waals surface area contributed by atoms with Crippen LogP contribution in [0.15, 0.2) is 34.5 Å². The molecule has 66 valence electrons. The van der Waals surface area contributed by atoms with Crippen molar-refractivity contribution in [2.75, 3.05) is 0 Å². The summed E-state index contributed by atoms with van der Waals surface area (Å²) in [7, 11) is 0. The van der Waals surface area contributed by atoms with Gasteiger partial charge in [-0.3, -0.25) is 10.1 Å². The van der Waals surface area contributed by atoms with Gasteiger partial charge in [-0.05, 0) is 13.8 Å². The van der Waals surface area contributed by atoms with Crippen LogP contribution in [0.3, 0.4) is 0 Å². The molecule has 0 aliphatic heterocycles. The minimum atomic E-state index is -0.445. The maximum absolute atomic E-state index is 10.4. The fraction of sp³-hybridized carbons (Fsp3) is 0.250. The molecule has 0 aliphatic rings. The van der Waals surface area contributed by atoms with E-state index >= 15 is 0 Å². The van der Waals surface area contributed by atoms with Crippen LogP contribution in [0.1, 0.15) is 13.8 Å². The van der Waals surface area contributed by atoms with Crippen molar-refractivity contribution in [1.82, 2.24) is 0 Å². The Morgan fingerprint density at radius 2 is 2.00 bits per heavy atom. The molecule has 0 aliphatic carbocycles. The van der Waals surface area contributed by atoms with Crippen molar-refractivity contribution in [3.05, 3.63) is 44.6 Å². The molecule has 0 unspecified atom stereocenters. The lowest BCUT2D eigenvalue weighted by Gasteiger charge is -1.91. The summed E-state index contributed by atoms with van der Waals surface area (Å²) in [5.74, 6) is 0. The predicted molar refractivity (Wildman–Crippen MR) is 52.6 cm³/mol. The van der Waals surface area contributed by atoms with Crippen LogP contribution in [0.5, 0.6) is 0 Å². The Bertz CT molecular complexity index is 262. The molecule has 0 saturated carbocycles. The quantitative estimate of drug-likeness (QED) is 0.426. The Labute approximate surface area is 79.7 Å². The van der Waals surface area contributed by atoms with Gasteiger partial charge in [0.25, 0.3) is 5.70 Å². The van der Waals surface area contributed by atoms with E-state index in [1.165, 1.54) is 12.2 Å². The van der Waals surface area contributed by atoms with Crippen LogP contribution in [-0.4, -0.2) is 4.92 Å². The van der Waals surface area contributed by atoms with Crippen LogP contribution < -0.4 is 0 Å². The molecule has 0 fully saturated rings. The summed E-state index contributed by atoms with van der Waals surface area (Å²) in [5.41, 5.74) is 0.920. The average molecular weight is 232 g/mol. The molecule has 3 nitrogen and oxygen atoms in total. The third-order valence-electron chi connectivity index (χ3n) is 0.952. The van der Waals surface area contributed by atoms with E-state index in [4.69, 9.17) is 0 Å². The van der Waals surface area contributed by atoms with Crippen LogP contribution in [0, 0.1) is 10.1 Å². The molecule has 0 aromatic heterocycles. The zero-order valence-electron chi connectivity index (χ0n) is 7.00. The van der Waals surface area contributed by atoms with Gasteiger partial charge in [0.2, 0.25) is 0 Å². The lowest BCUT2D eigenvalue weighted by Crippen LogP contribution is -1.95. The zero-order valence-corrected chi connectivity index (χ0v) is 8.59. The van der Waals surface area contributed by atoms with Crippen molar-refractivity contribution >= 4 is 15.9 Å². The van der Waals surface area contributed by atoms with Gasteiger partial charge in [-0.25, -0.2) is 0 Å². The monoisotopic (exact) mass is 231 g/mol. The van der Waals surface area contributed by atoms with E-state index in [0.29, 0.717) is 4.48 Å². The van der Waals surface area contributed by atoms with E-state index in [2.05, 4.69) is 22.5 Å². The predicted octanol–water partition coefficient (Wildman–Crippen LogP) is 3.02. The molecule has 12 heavy (non-hydrogen) atoms. The Morgan fingerprint density at radius 3 is 2.25 bits per heavy atom. The molecular weight excluding hydrogens is 222 g/mol. The minimum absolute atomic E-state index is 0.0388. The van der Waals surface area contributed by atoms with Crippen LogP contribution >= 0.6 is 15.9 Å². The molecule has 0 spiro atoms. The molecular formula is C8H10BrNO2. The van der Waals surface area contributed by atoms with Crippen molar-refractivity contribution in [1.29, 1.82) is 0 Å². The fourth-order valence-corrected chi connectivity index (χ4v) is 0.838. The normalized spacial score (nSPS) is 10.8. The first kappa shape index (κ1) is 11.1. The van der Waals surface area contributed by atoms with E-state index < -0.39 is 4.92 Å². The van der Waals surface area contributed by atoms with Gasteiger partial charge in [-0.2, -0.15) is 0 Å². The summed E-state index contributed by atoms with van der Waals surface area (Å²) in [6.07, 6.45) is 2.86. The van der Waals surface area contributed by atoms with Gasteiger partial charge in [0.15, 0.2) is 0 Å². The highest BCUT2D eigenvalue weighted by molar-refractivity contribution is 9.11. The summed E-state index contributed by atoms with van der Waals surface area (Å²) >= 11 is 3.03. The second kappa shape index (κ2) is 4.87. The second-order valence-electron chi connectivity index (χ2n) is 2.49. The molecule has 0 atom stereocenters. The smallest absolute Gasteiger partial charge is 0.258 e. The van der Waals surface area contributed by atoms with E-state index in [-0.39, 0.29) is 5.70 Å². The van der Waals surface area contributed by atoms with Crippen molar-refractivity contribution in [3.8, 4) is 0 Å². The van der Waals surface area contributed by atoms with E-state index in [1.54, 1.807) is 13.8 Å². The van der Waals surface area contributed by atoms with Gasteiger partial charge in [0, 0.05) is 16.6 Å². The summed E-state index contributed by atoms with van der Waals surface area (Å²) < 4.78 is 0.492. The number of allylic oxidation sites excluding steroid dienone is 4. The summed E-state index contributed by atoms with van der Waals surface area (Å²) in [6.45, 7) is 7.09. The van der Waals surface area contributed by atoms with Gasteiger partial charge in [0.05, 0.1) is 4.92 Å². The first-order valence-electron chi connectivity index (χ1n) is 3.29. The maximum Gasteiger partial charge on any atom is 0.270 e. The number of hydrogen-bond donors (Lipinski definition) is 0. The van der Waals surface area contributed by atoms with Crippen molar-refractivity contribution < 1.29 is 4.92 Å². The molecule has 0 saturated heterocycles. The summed E-state index contributed by atoms with van der Waals surface area (Å²) in [5, 5.41) is 10.4. The third-order valence-corrected chi connectivity index (χ3v) is 1.18. The minimum Gasteiger partial charge on any atom is -0.258 e. The van der Waals surface area contributed by atoms with E-state index in [0.717, 1.165) is 5.57 Å². The van der Waals surface area contributed by atoms with E-state index in [1.807, 2.05) is 0 Å². The molecule has 0 heterocycles. The molecule has 0 radical (unpaired) electrons. The Balaban J connectivity index is 4.81. The van der Waals surface area contributed by atoms with Gasteiger partial charge in [-0.1, -0.05) is 28.1 Å². The van der Waals surface area contributed by atoms with Gasteiger partial charge < -0.3 is 0 Å². The third kappa shape index (κ3) is 4.85. The highest BCUT2D eigenvalue weighted by atomic mass is 79.9. The number of nitro groups is 1. The highest BCUT2D eigenvalue weighted by Gasteiger charge is 2.05. The molecule has 0 N–H and O–H groups in total. The lowest BCUT2D eigenvalue weighted by atomic mass is 10.2. The van der Waals surface area contributed by atoms with Crippen LogP contribution in [-0.2, 0) is 0 Å². The van der Waals surface area contributed by atoms with Crippen molar-refractivity contribution in [3.63, 3.8) is 0 Å². The number of halogens is 1. The fourth-order valence-electron chi connectivity index (χ4n) is 0.603. The largest absolute Gasteiger partial charge is 0.270 e. The van der Waals surface area contributed by atoms with Crippen molar-refractivity contribution in [2.24, 2.45) is 0 Å². The van der Waals surface area contributed by atoms with E-state index in [9.17, 15) is 10.1 Å². The number of nitrogens with zero attached hydrogens (tertiary/aromatic N) is 1. The van der Waals surface area contributed by atoms with Crippen molar-refractivity contribution in [2.45, 2.75) is 13.8 Å². The highest BCUT2D eigenvalue weighted by Crippen LogP contribution is 2.10. The summed E-state index contributed by atoms with van der Waals surface area (Å²) in [4.78, 5) is 9.96. The topological polar surface area (TPSA) is 43.1 Å². The molecule has 0 bridgehead atoms. The van der Waals surface area contributed by atoms with Gasteiger partial charge in [-0.15, -0.1) is 0 Å². The van der Waals surface area contributed by atoms with Crippen LogP contribution in [0.25, 0.3) is 0 Å². The van der Waals surface area contributed by atoms with Crippen LogP contribution in [0.2, 0.25) is 0 Å². The summed E-state index contributed by atoms with van der Waals surface area (Å²) in [6, 6.07) is 0. The Morgan fingerprint density at radius 1 is 1.50 bits per heavy atom. The standard InChI is InChI=1S/C8H10BrNO2/c1-6(2)4-8(10(11)12)5-7(3)9/h4-5H,3H2,1-2H3/b8-5+. The molecule has 0 aromatic carbocycles. The average Bonchev–Trinajstić information content (AvgIpc) is 1.83. The lowest BCUT2D eigenvalue weighted by molar-refractivity contribution is -0.419. The van der Waals surface area contributed by atoms with Crippen LogP contribution in [0.4, 0.5) is 0 Å². The van der Waals surface area contributed by atoms with Gasteiger partial charge in [0.1, 0.15) is 0 Å². The first-order valence-corrected chi connectivity index (χ1v) is 4.08. The number of hydrogen-bond acceptors (Lipinski definition) is 2. The molecule has 0 amide bonds. The Kier molecular flexibility index (Phi) is 4.51. The first-order chi connectivity index (χ1) is 5.43. The number of rotatable bonds is 3. The Hall–Kier alpha value is -0.900. The maximum atomic E-state index is 10.4. The molecule has 0 aromatic rings. The SMILES string of the molecule is C=C(Br)/C=C(\C=C(C)C)[N+](=O)[O-].